The lowest BCUT2D eigenvalue weighted by molar-refractivity contribution is 0.0690. The fourth-order valence-electron chi connectivity index (χ4n) is 1.65. The monoisotopic (exact) mass is 252 g/mol. The molecule has 0 saturated carbocycles. The van der Waals surface area contributed by atoms with Crippen LogP contribution < -0.4 is 0 Å². The molecular weight excluding hydrogens is 242 g/mol. The van der Waals surface area contributed by atoms with Gasteiger partial charge in [0, 0.05) is 11.1 Å². The van der Waals surface area contributed by atoms with E-state index in [1.807, 2.05) is 0 Å². The lowest BCUT2D eigenvalue weighted by atomic mass is 10.0. The summed E-state index contributed by atoms with van der Waals surface area (Å²) in [6.07, 6.45) is -2.63. The number of hydrogen-bond donors (Lipinski definition) is 2. The van der Waals surface area contributed by atoms with Crippen LogP contribution in [0.1, 0.15) is 28.0 Å². The van der Waals surface area contributed by atoms with Crippen molar-refractivity contribution in [3.8, 4) is 11.3 Å². The number of carboxylic acids is 1. The second kappa shape index (κ2) is 4.56. The highest BCUT2D eigenvalue weighted by Crippen LogP contribution is 2.31. The maximum atomic E-state index is 12.9. The molecule has 0 spiro atoms. The average molecular weight is 252 g/mol. The Bertz CT molecular complexity index is 594. The lowest BCUT2D eigenvalue weighted by Crippen LogP contribution is -1.95. The predicted octanol–water partition coefficient (Wildman–Crippen LogP) is 3.02. The molecule has 0 atom stereocenters. The zero-order chi connectivity index (χ0) is 13.3. The van der Waals surface area contributed by atoms with Gasteiger partial charge in [0.1, 0.15) is 5.69 Å². The van der Waals surface area contributed by atoms with Crippen LogP contribution in [0.4, 0.5) is 8.78 Å². The van der Waals surface area contributed by atoms with E-state index in [9.17, 15) is 13.6 Å². The molecule has 1 aromatic heterocycles. The number of nitrogens with one attached hydrogen (secondary N) is 1. The summed E-state index contributed by atoms with van der Waals surface area (Å²) in [6.45, 7) is 1.77. The molecule has 94 valence electrons. The molecule has 2 rings (SSSR count). The van der Waals surface area contributed by atoms with E-state index in [1.54, 1.807) is 19.1 Å². The fraction of sp³-hybridized carbons (Fsp3) is 0.167. The zero-order valence-corrected chi connectivity index (χ0v) is 9.45. The van der Waals surface area contributed by atoms with Crippen molar-refractivity contribution in [3.05, 3.63) is 41.1 Å². The molecule has 0 aliphatic carbocycles. The van der Waals surface area contributed by atoms with Crippen molar-refractivity contribution >= 4 is 5.97 Å². The van der Waals surface area contributed by atoms with Crippen LogP contribution in [0, 0.1) is 6.92 Å². The minimum atomic E-state index is -2.63. The number of nitrogens with zero attached hydrogens (tertiary/aromatic N) is 1. The molecule has 2 aromatic rings. The molecule has 1 aromatic carbocycles. The van der Waals surface area contributed by atoms with Gasteiger partial charge in [-0.1, -0.05) is 17.7 Å². The average Bonchev–Trinajstić information content (AvgIpc) is 2.77. The van der Waals surface area contributed by atoms with Gasteiger partial charge in [-0.3, -0.25) is 5.10 Å². The number of aromatic carboxylic acids is 1. The molecule has 0 bridgehead atoms. The summed E-state index contributed by atoms with van der Waals surface area (Å²) in [7, 11) is 0. The number of rotatable bonds is 3. The van der Waals surface area contributed by atoms with Gasteiger partial charge in [-0.15, -0.1) is 0 Å². The molecule has 0 amide bonds. The Hall–Kier alpha value is -2.24. The van der Waals surface area contributed by atoms with E-state index in [0.29, 0.717) is 0 Å². The summed E-state index contributed by atoms with van der Waals surface area (Å²) >= 11 is 0. The number of benzene rings is 1. The van der Waals surface area contributed by atoms with Crippen LogP contribution in [-0.2, 0) is 0 Å². The van der Waals surface area contributed by atoms with Gasteiger partial charge in [0.15, 0.2) is 0 Å². The van der Waals surface area contributed by atoms with Crippen molar-refractivity contribution in [2.45, 2.75) is 13.3 Å². The van der Waals surface area contributed by atoms with E-state index in [0.717, 1.165) is 5.56 Å². The Morgan fingerprint density at radius 2 is 2.11 bits per heavy atom. The van der Waals surface area contributed by atoms with Gasteiger partial charge in [-0.05, 0) is 19.1 Å². The SMILES string of the molecule is Cc1ccc(C(F)F)c(-c2cc(C(=O)O)[nH]n2)c1. The first kappa shape index (κ1) is 12.2. The Kier molecular flexibility index (Phi) is 3.10. The smallest absolute Gasteiger partial charge is 0.353 e. The van der Waals surface area contributed by atoms with Crippen molar-refractivity contribution in [1.29, 1.82) is 0 Å². The number of aromatic nitrogens is 2. The summed E-state index contributed by atoms with van der Waals surface area (Å²) in [5.74, 6) is -1.18. The Morgan fingerprint density at radius 3 is 2.67 bits per heavy atom. The van der Waals surface area contributed by atoms with Crippen LogP contribution in [-0.4, -0.2) is 21.3 Å². The number of alkyl halides is 2. The second-order valence-corrected chi connectivity index (χ2v) is 3.86. The first-order valence-electron chi connectivity index (χ1n) is 5.17. The Balaban J connectivity index is 2.54. The van der Waals surface area contributed by atoms with E-state index in [4.69, 9.17) is 5.11 Å². The van der Waals surface area contributed by atoms with Crippen LogP contribution in [0.25, 0.3) is 11.3 Å². The van der Waals surface area contributed by atoms with Crippen molar-refractivity contribution in [3.63, 3.8) is 0 Å². The third kappa shape index (κ3) is 2.22. The van der Waals surface area contributed by atoms with Gasteiger partial charge in [-0.25, -0.2) is 13.6 Å². The van der Waals surface area contributed by atoms with Gasteiger partial charge >= 0.3 is 5.97 Å². The standard InChI is InChI=1S/C12H10F2N2O2/c1-6-2-3-7(11(13)14)8(4-6)9-5-10(12(17)18)16-15-9/h2-5,11H,1H3,(H,15,16)(H,17,18). The topological polar surface area (TPSA) is 66.0 Å². The lowest BCUT2D eigenvalue weighted by Gasteiger charge is -2.07. The molecule has 18 heavy (non-hydrogen) atoms. The molecule has 0 aliphatic heterocycles. The minimum Gasteiger partial charge on any atom is -0.477 e. The highest BCUT2D eigenvalue weighted by atomic mass is 19.3. The van der Waals surface area contributed by atoms with Crippen LogP contribution in [0.15, 0.2) is 24.3 Å². The van der Waals surface area contributed by atoms with E-state index in [1.165, 1.54) is 12.1 Å². The number of carboxylic acid groups (broad SMARTS) is 1. The molecule has 1 heterocycles. The number of carbonyl (C=O) groups is 1. The maximum Gasteiger partial charge on any atom is 0.353 e. The minimum absolute atomic E-state index is 0.133. The molecule has 0 saturated heterocycles. The summed E-state index contributed by atoms with van der Waals surface area (Å²) in [5.41, 5.74) is 0.949. The zero-order valence-electron chi connectivity index (χ0n) is 9.45. The summed E-state index contributed by atoms with van der Waals surface area (Å²) in [4.78, 5) is 10.7. The quantitative estimate of drug-likeness (QED) is 0.882. The van der Waals surface area contributed by atoms with Gasteiger partial charge in [0.05, 0.1) is 5.69 Å². The largest absolute Gasteiger partial charge is 0.477 e. The first-order valence-corrected chi connectivity index (χ1v) is 5.17. The maximum absolute atomic E-state index is 12.9. The third-order valence-electron chi connectivity index (χ3n) is 2.53. The molecule has 0 unspecified atom stereocenters. The van der Waals surface area contributed by atoms with Crippen LogP contribution in [0.3, 0.4) is 0 Å². The first-order chi connectivity index (χ1) is 8.49. The molecule has 4 nitrogen and oxygen atoms in total. The highest BCUT2D eigenvalue weighted by molar-refractivity contribution is 5.87. The number of aromatic amines is 1. The molecule has 0 aliphatic rings. The number of aryl methyl sites for hydroxylation is 1. The predicted molar refractivity (Wildman–Crippen MR) is 60.7 cm³/mol. The normalized spacial score (nSPS) is 10.9. The summed E-state index contributed by atoms with van der Waals surface area (Å²) < 4.78 is 25.7. The number of hydrogen-bond acceptors (Lipinski definition) is 2. The van der Waals surface area contributed by atoms with Gasteiger partial charge in [0.25, 0.3) is 6.43 Å². The van der Waals surface area contributed by atoms with E-state index < -0.39 is 12.4 Å². The molecule has 2 N–H and O–H groups in total. The molecule has 6 heteroatoms. The molecule has 0 radical (unpaired) electrons. The second-order valence-electron chi connectivity index (χ2n) is 3.86. The number of halogens is 2. The molecule has 0 fully saturated rings. The highest BCUT2D eigenvalue weighted by Gasteiger charge is 2.17. The molecular formula is C12H10F2N2O2. The summed E-state index contributed by atoms with van der Waals surface area (Å²) in [5, 5.41) is 14.8. The van der Waals surface area contributed by atoms with Crippen LogP contribution >= 0.6 is 0 Å². The van der Waals surface area contributed by atoms with Crippen molar-refractivity contribution in [2.75, 3.05) is 0 Å². The van der Waals surface area contributed by atoms with Crippen molar-refractivity contribution in [2.24, 2.45) is 0 Å². The van der Waals surface area contributed by atoms with E-state index in [2.05, 4.69) is 10.2 Å². The fourth-order valence-corrected chi connectivity index (χ4v) is 1.65. The van der Waals surface area contributed by atoms with Gasteiger partial charge in [0.2, 0.25) is 0 Å². The Morgan fingerprint density at radius 1 is 1.39 bits per heavy atom. The van der Waals surface area contributed by atoms with Crippen molar-refractivity contribution < 1.29 is 18.7 Å². The van der Waals surface area contributed by atoms with Gasteiger partial charge in [-0.2, -0.15) is 5.10 Å². The third-order valence-corrected chi connectivity index (χ3v) is 2.53. The van der Waals surface area contributed by atoms with E-state index >= 15 is 0 Å². The van der Waals surface area contributed by atoms with Gasteiger partial charge < -0.3 is 5.11 Å². The number of H-pyrrole nitrogens is 1. The Labute approximate surface area is 101 Å². The summed E-state index contributed by atoms with van der Waals surface area (Å²) in [6, 6.07) is 5.70. The van der Waals surface area contributed by atoms with Crippen molar-refractivity contribution in [1.82, 2.24) is 10.2 Å². The van der Waals surface area contributed by atoms with Crippen LogP contribution in [0.2, 0.25) is 0 Å². The van der Waals surface area contributed by atoms with E-state index in [-0.39, 0.29) is 22.5 Å². The van der Waals surface area contributed by atoms with Crippen LogP contribution in [0.5, 0.6) is 0 Å².